The molecule has 7 nitrogen and oxygen atoms in total. The summed E-state index contributed by atoms with van der Waals surface area (Å²) in [6, 6.07) is 11.3. The van der Waals surface area contributed by atoms with Crippen molar-refractivity contribution in [2.45, 2.75) is 12.8 Å². The lowest BCUT2D eigenvalue weighted by molar-refractivity contribution is 0.0984. The number of halogens is 1. The van der Waals surface area contributed by atoms with Gasteiger partial charge in [-0.25, -0.2) is 0 Å². The van der Waals surface area contributed by atoms with Gasteiger partial charge < -0.3 is 19.1 Å². The molecular weight excluding hydrogens is 448 g/mol. The van der Waals surface area contributed by atoms with E-state index in [1.807, 2.05) is 38.4 Å². The lowest BCUT2D eigenvalue weighted by Crippen LogP contribution is -2.36. The molecule has 0 radical (unpaired) electrons. The van der Waals surface area contributed by atoms with Crippen LogP contribution in [0.4, 0.5) is 5.69 Å². The highest BCUT2D eigenvalue weighted by Gasteiger charge is 2.20. The van der Waals surface area contributed by atoms with Gasteiger partial charge >= 0.3 is 0 Å². The monoisotopic (exact) mass is 472 g/mol. The van der Waals surface area contributed by atoms with Crippen LogP contribution in [-0.2, 0) is 11.2 Å². The number of aromatic nitrogens is 1. The Labute approximate surface area is 196 Å². The molecule has 0 atom stereocenters. The molecule has 1 saturated heterocycles. The number of ether oxygens (including phenoxy) is 1. The smallest absolute Gasteiger partial charge is 0.173 e. The fraction of sp³-hybridized carbons (Fsp3) is 0.348. The molecule has 1 aliphatic rings. The first-order valence-corrected chi connectivity index (χ1v) is 11.6. The van der Waals surface area contributed by atoms with E-state index in [9.17, 15) is 4.79 Å². The number of ketones is 1. The van der Waals surface area contributed by atoms with E-state index in [-0.39, 0.29) is 5.78 Å². The van der Waals surface area contributed by atoms with E-state index in [1.54, 1.807) is 17.0 Å². The first-order valence-electron chi connectivity index (χ1n) is 10.4. The number of rotatable bonds is 7. The van der Waals surface area contributed by atoms with Gasteiger partial charge in [0.15, 0.2) is 5.78 Å². The number of amidine groups is 1. The quantitative estimate of drug-likeness (QED) is 0.307. The normalized spacial score (nSPS) is 13.9. The summed E-state index contributed by atoms with van der Waals surface area (Å²) < 4.78 is 11.7. The maximum absolute atomic E-state index is 12.4. The van der Waals surface area contributed by atoms with Crippen LogP contribution in [-0.4, -0.2) is 62.1 Å². The number of Topliss-reactive ketones (excluding diaryl/α,β-unsaturated/α-hetero) is 1. The Balaban J connectivity index is 1.56. The average Bonchev–Trinajstić information content (AvgIpc) is 3.46. The van der Waals surface area contributed by atoms with Gasteiger partial charge in [-0.1, -0.05) is 22.8 Å². The third kappa shape index (κ3) is 5.03. The van der Waals surface area contributed by atoms with Crippen molar-refractivity contribution in [2.24, 2.45) is 0 Å². The number of carbonyl (C=O) groups is 1. The maximum atomic E-state index is 12.4. The van der Waals surface area contributed by atoms with Crippen LogP contribution < -0.4 is 4.90 Å². The van der Waals surface area contributed by atoms with Crippen LogP contribution >= 0.6 is 22.9 Å². The molecule has 4 rings (SSSR count). The van der Waals surface area contributed by atoms with Gasteiger partial charge in [0, 0.05) is 62.9 Å². The standard InChI is InChI=1S/C23H25ClN4O3S/c1-27(2)23(25)15-3-5-17(19(13-15)28-9-11-30-12-10-28)18-14-16(31-26-18)4-6-20(29)21-7-8-22(24)32-21/h3,5,7-8,13-14,25H,4,6,9-12H2,1-2H3. The molecule has 0 unspecified atom stereocenters. The number of thiophene rings is 1. The number of aryl methyl sites for hydroxylation is 1. The zero-order chi connectivity index (χ0) is 22.7. The number of hydrogen-bond donors (Lipinski definition) is 1. The van der Waals surface area contributed by atoms with Gasteiger partial charge in [-0.15, -0.1) is 11.3 Å². The Morgan fingerprint density at radius 1 is 1.22 bits per heavy atom. The molecule has 168 valence electrons. The highest BCUT2D eigenvalue weighted by molar-refractivity contribution is 7.18. The number of nitrogens with one attached hydrogen (secondary N) is 1. The van der Waals surface area contributed by atoms with E-state index in [0.717, 1.165) is 35.6 Å². The van der Waals surface area contributed by atoms with E-state index in [4.69, 9.17) is 26.3 Å². The molecule has 1 aliphatic heterocycles. The van der Waals surface area contributed by atoms with Crippen molar-refractivity contribution in [3.05, 3.63) is 56.9 Å². The molecule has 0 bridgehead atoms. The van der Waals surface area contributed by atoms with Gasteiger partial charge in [0.25, 0.3) is 0 Å². The van der Waals surface area contributed by atoms with E-state index >= 15 is 0 Å². The van der Waals surface area contributed by atoms with Crippen LogP contribution in [0, 0.1) is 5.41 Å². The van der Waals surface area contributed by atoms with Gasteiger partial charge in [-0.05, 0) is 24.3 Å². The fourth-order valence-corrected chi connectivity index (χ4v) is 4.61. The van der Waals surface area contributed by atoms with Gasteiger partial charge in [-0.3, -0.25) is 10.2 Å². The van der Waals surface area contributed by atoms with Crippen molar-refractivity contribution in [3.63, 3.8) is 0 Å². The molecule has 1 fully saturated rings. The lowest BCUT2D eigenvalue weighted by atomic mass is 10.0. The number of nitrogens with zero attached hydrogens (tertiary/aromatic N) is 3. The minimum absolute atomic E-state index is 0.0420. The predicted molar refractivity (Wildman–Crippen MR) is 127 cm³/mol. The molecular formula is C23H25ClN4O3S. The highest BCUT2D eigenvalue weighted by Crippen LogP contribution is 2.33. The largest absolute Gasteiger partial charge is 0.378 e. The van der Waals surface area contributed by atoms with Crippen LogP contribution in [0.3, 0.4) is 0 Å². The van der Waals surface area contributed by atoms with Gasteiger partial charge in [-0.2, -0.15) is 0 Å². The second kappa shape index (κ2) is 9.85. The Morgan fingerprint density at radius 2 is 2.00 bits per heavy atom. The van der Waals surface area contributed by atoms with Crippen molar-refractivity contribution >= 4 is 40.2 Å². The molecule has 0 amide bonds. The molecule has 3 heterocycles. The summed E-state index contributed by atoms with van der Waals surface area (Å²) >= 11 is 7.22. The number of anilines is 1. The van der Waals surface area contributed by atoms with E-state index in [2.05, 4.69) is 10.1 Å². The highest BCUT2D eigenvalue weighted by atomic mass is 35.5. The summed E-state index contributed by atoms with van der Waals surface area (Å²) in [7, 11) is 3.72. The minimum atomic E-state index is 0.0420. The van der Waals surface area contributed by atoms with Gasteiger partial charge in [0.2, 0.25) is 0 Å². The lowest BCUT2D eigenvalue weighted by Gasteiger charge is -2.31. The van der Waals surface area contributed by atoms with Crippen molar-refractivity contribution < 1.29 is 14.1 Å². The summed E-state index contributed by atoms with van der Waals surface area (Å²) in [5.74, 6) is 1.15. The number of benzene rings is 1. The molecule has 0 aliphatic carbocycles. The Hall–Kier alpha value is -2.68. The van der Waals surface area contributed by atoms with Crippen molar-refractivity contribution in [2.75, 3.05) is 45.3 Å². The van der Waals surface area contributed by atoms with E-state index in [0.29, 0.717) is 46.9 Å². The summed E-state index contributed by atoms with van der Waals surface area (Å²) in [6.45, 7) is 2.87. The Kier molecular flexibility index (Phi) is 6.93. The van der Waals surface area contributed by atoms with Crippen molar-refractivity contribution in [3.8, 4) is 11.3 Å². The molecule has 3 aromatic rings. The van der Waals surface area contributed by atoms with Crippen LogP contribution in [0.2, 0.25) is 4.34 Å². The molecule has 9 heteroatoms. The second-order valence-electron chi connectivity index (χ2n) is 7.78. The van der Waals surface area contributed by atoms with Crippen LogP contribution in [0.25, 0.3) is 11.3 Å². The number of carbonyl (C=O) groups excluding carboxylic acids is 1. The molecule has 2 aromatic heterocycles. The molecule has 1 aromatic carbocycles. The van der Waals surface area contributed by atoms with E-state index in [1.165, 1.54) is 11.3 Å². The minimum Gasteiger partial charge on any atom is -0.378 e. The van der Waals surface area contributed by atoms with Crippen molar-refractivity contribution in [1.82, 2.24) is 10.1 Å². The number of hydrogen-bond acceptors (Lipinski definition) is 7. The maximum Gasteiger partial charge on any atom is 0.173 e. The average molecular weight is 473 g/mol. The predicted octanol–water partition coefficient (Wildman–Crippen LogP) is 4.60. The fourth-order valence-electron chi connectivity index (χ4n) is 3.60. The van der Waals surface area contributed by atoms with Crippen LogP contribution in [0.15, 0.2) is 40.9 Å². The first-order chi connectivity index (χ1) is 15.4. The molecule has 0 spiro atoms. The Bertz CT molecular complexity index is 1120. The molecule has 0 saturated carbocycles. The van der Waals surface area contributed by atoms with Crippen LogP contribution in [0.1, 0.15) is 27.4 Å². The van der Waals surface area contributed by atoms with Gasteiger partial charge in [0.05, 0.1) is 22.4 Å². The third-order valence-corrected chi connectivity index (χ3v) is 6.62. The zero-order valence-corrected chi connectivity index (χ0v) is 19.6. The summed E-state index contributed by atoms with van der Waals surface area (Å²) in [5.41, 5.74) is 3.50. The summed E-state index contributed by atoms with van der Waals surface area (Å²) in [5, 5.41) is 12.6. The SMILES string of the molecule is CN(C)C(=N)c1ccc(-c2cc(CCC(=O)c3ccc(Cl)s3)on2)c(N2CCOCC2)c1. The molecule has 32 heavy (non-hydrogen) atoms. The second-order valence-corrected chi connectivity index (χ2v) is 9.49. The molecule has 1 N–H and O–H groups in total. The summed E-state index contributed by atoms with van der Waals surface area (Å²) in [6.07, 6.45) is 0.804. The third-order valence-electron chi connectivity index (χ3n) is 5.35. The Morgan fingerprint density at radius 3 is 2.69 bits per heavy atom. The number of morpholine rings is 1. The first kappa shape index (κ1) is 22.5. The zero-order valence-electron chi connectivity index (χ0n) is 18.1. The van der Waals surface area contributed by atoms with E-state index < -0.39 is 0 Å². The topological polar surface area (TPSA) is 82.7 Å². The van der Waals surface area contributed by atoms with Crippen LogP contribution in [0.5, 0.6) is 0 Å². The van der Waals surface area contributed by atoms with Gasteiger partial charge in [0.1, 0.15) is 17.3 Å². The van der Waals surface area contributed by atoms with Crippen molar-refractivity contribution in [1.29, 1.82) is 5.41 Å². The summed E-state index contributed by atoms with van der Waals surface area (Å²) in [4.78, 5) is 17.1.